The van der Waals surface area contributed by atoms with Crippen molar-refractivity contribution in [2.45, 2.75) is 144 Å². The van der Waals surface area contributed by atoms with Crippen molar-refractivity contribution in [3.05, 3.63) is 11.3 Å². The van der Waals surface area contributed by atoms with Crippen molar-refractivity contribution in [2.75, 3.05) is 13.7 Å². The Morgan fingerprint density at radius 1 is 0.978 bits per heavy atom. The third-order valence-corrected chi connectivity index (χ3v) is 11.2. The van der Waals surface area contributed by atoms with Crippen molar-refractivity contribution in [3.8, 4) is 0 Å². The molecule has 3 N–H and O–H groups in total. The first-order chi connectivity index (χ1) is 21.8. The molecule has 6 rings (SSSR count). The number of alkyl halides is 1. The van der Waals surface area contributed by atoms with Crippen LogP contribution in [0, 0.1) is 5.92 Å². The minimum Gasteiger partial charge on any atom is -0.453 e. The number of hydrogen-bond donors (Lipinski definition) is 3. The molecule has 4 fully saturated rings. The Morgan fingerprint density at radius 2 is 1.76 bits per heavy atom. The van der Waals surface area contributed by atoms with Crippen molar-refractivity contribution in [2.24, 2.45) is 10.9 Å². The van der Waals surface area contributed by atoms with Crippen LogP contribution in [0.5, 0.6) is 0 Å². The summed E-state index contributed by atoms with van der Waals surface area (Å²) in [6.45, 7) is -0.545. The number of carbonyl (C=O) groups excluding carboxylic acids is 3. The maximum atomic E-state index is 13.7. The van der Waals surface area contributed by atoms with Gasteiger partial charge >= 0.3 is 18.0 Å². The topological polar surface area (TPSA) is 154 Å². The fraction of sp³-hybridized carbons (Fsp3) is 0.812. The van der Waals surface area contributed by atoms with Crippen molar-refractivity contribution in [3.63, 3.8) is 0 Å². The third kappa shape index (κ3) is 7.58. The summed E-state index contributed by atoms with van der Waals surface area (Å²) in [4.78, 5) is 45.5. The zero-order valence-corrected chi connectivity index (χ0v) is 27.5. The molecule has 0 aromatic heterocycles. The van der Waals surface area contributed by atoms with E-state index in [9.17, 15) is 19.5 Å². The number of methoxy groups -OCH3 is 1. The molecular weight excluding hydrogens is 650 g/mol. The fourth-order valence-corrected chi connectivity index (χ4v) is 8.38. The number of hydrogen-bond acceptors (Lipinski definition) is 11. The molecule has 3 unspecified atom stereocenters. The van der Waals surface area contributed by atoms with E-state index in [0.29, 0.717) is 23.6 Å². The third-order valence-electron chi connectivity index (χ3n) is 10.3. The molecule has 0 radical (unpaired) electrons. The average molecular weight is 697 g/mol. The number of nitrogens with one attached hydrogen (secondary N) is 2. The molecule has 2 saturated carbocycles. The van der Waals surface area contributed by atoms with Crippen LogP contribution in [0.2, 0.25) is 0 Å². The van der Waals surface area contributed by atoms with E-state index in [4.69, 9.17) is 23.7 Å². The van der Waals surface area contributed by atoms with Gasteiger partial charge in [0.25, 0.3) is 0 Å². The van der Waals surface area contributed by atoms with Gasteiger partial charge in [0.2, 0.25) is 0 Å². The van der Waals surface area contributed by atoms with Crippen LogP contribution in [-0.2, 0) is 33.3 Å². The summed E-state index contributed by atoms with van der Waals surface area (Å²) in [5.74, 6) is -0.796. The minimum absolute atomic E-state index is 0.0744. The lowest BCUT2D eigenvalue weighted by Crippen LogP contribution is -2.64. The molecular formula is C32H46BrN3O9. The minimum atomic E-state index is -1.30. The van der Waals surface area contributed by atoms with E-state index in [-0.39, 0.29) is 17.8 Å². The predicted octanol–water partition coefficient (Wildman–Crippen LogP) is 3.57. The van der Waals surface area contributed by atoms with Gasteiger partial charge in [0.1, 0.15) is 17.9 Å². The highest BCUT2D eigenvalue weighted by atomic mass is 79.9. The average Bonchev–Trinajstić information content (AvgIpc) is 3.69. The van der Waals surface area contributed by atoms with Crippen molar-refractivity contribution in [1.29, 1.82) is 0 Å². The van der Waals surface area contributed by atoms with Crippen LogP contribution in [0.4, 0.5) is 4.79 Å². The van der Waals surface area contributed by atoms with E-state index >= 15 is 0 Å². The van der Waals surface area contributed by atoms with E-state index < -0.39 is 61.4 Å². The number of fused-ring (bicyclic) bond motifs is 1. The van der Waals surface area contributed by atoms with Gasteiger partial charge < -0.3 is 39.4 Å². The van der Waals surface area contributed by atoms with Gasteiger partial charge in [-0.15, -0.1) is 0 Å². The van der Waals surface area contributed by atoms with Gasteiger partial charge in [-0.3, -0.25) is 4.79 Å². The Hall–Kier alpha value is -2.06. The molecule has 3 aliphatic carbocycles. The number of aliphatic hydroxyl groups is 1. The van der Waals surface area contributed by atoms with E-state index in [1.807, 2.05) is 0 Å². The van der Waals surface area contributed by atoms with Crippen LogP contribution in [-0.4, -0.2) is 96.2 Å². The largest absolute Gasteiger partial charge is 0.453 e. The standard InChI is InChI=1S/C32H46BrN3O9/c1-41-31-28(44-30(39)24-15-18-7-3-5-9-22(18)36-24)27(43-29(38)23-14-17-6-2-4-8-21(17)35-23)26(25(16-37)42-31)45-32(40)34-20-12-10-19(33)11-13-20/h17,19-21,23,25-28,31,35,37H,2-16H2,1H3,(H,34,40)/t17?,19?,20?,21?,23?,25-,26-,27+,28-,31+/m1/s1. The van der Waals surface area contributed by atoms with Crippen LogP contribution in [0.15, 0.2) is 16.3 Å². The number of nitrogens with zero attached hydrogens (tertiary/aromatic N) is 1. The van der Waals surface area contributed by atoms with Crippen LogP contribution in [0.25, 0.3) is 0 Å². The first kappa shape index (κ1) is 32.9. The highest BCUT2D eigenvalue weighted by Gasteiger charge is 2.54. The van der Waals surface area contributed by atoms with Crippen LogP contribution in [0.1, 0.15) is 89.9 Å². The van der Waals surface area contributed by atoms with Crippen molar-refractivity contribution < 1.29 is 43.2 Å². The SMILES string of the molecule is CO[C@H]1O[C@H](CO)[C@@H](OC(=O)NC2CCC(Br)CC2)[C@H](OC(=O)C2CC3CCCCC3N2)[C@H]1OC(=O)C1=NC2=C(CCCC2)C1. The molecule has 45 heavy (non-hydrogen) atoms. The van der Waals surface area contributed by atoms with Gasteiger partial charge in [-0.05, 0) is 82.1 Å². The zero-order valence-electron chi connectivity index (χ0n) is 25.9. The maximum Gasteiger partial charge on any atom is 0.407 e. The molecule has 6 aliphatic rings. The number of rotatable bonds is 8. The first-order valence-electron chi connectivity index (χ1n) is 16.7. The van der Waals surface area contributed by atoms with E-state index in [0.717, 1.165) is 88.3 Å². The molecule has 2 saturated heterocycles. The van der Waals surface area contributed by atoms with Gasteiger partial charge in [-0.1, -0.05) is 28.8 Å². The van der Waals surface area contributed by atoms with Gasteiger partial charge in [-0.25, -0.2) is 14.6 Å². The highest BCUT2D eigenvalue weighted by Crippen LogP contribution is 2.36. The van der Waals surface area contributed by atoms with Gasteiger partial charge in [-0.2, -0.15) is 0 Å². The Kier molecular flexibility index (Phi) is 10.8. The number of allylic oxidation sites excluding steroid dienone is 2. The molecule has 13 heteroatoms. The summed E-state index contributed by atoms with van der Waals surface area (Å²) in [6, 6.07) is -0.368. The number of esters is 2. The quantitative estimate of drug-likeness (QED) is 0.195. The van der Waals surface area contributed by atoms with E-state index in [2.05, 4.69) is 31.6 Å². The number of carbonyl (C=O) groups is 3. The van der Waals surface area contributed by atoms with Gasteiger partial charge in [0, 0.05) is 36.1 Å². The number of alkyl carbamates (subject to hydrolysis) is 1. The second kappa shape index (κ2) is 14.8. The number of amides is 1. The van der Waals surface area contributed by atoms with Gasteiger partial charge in [0.15, 0.2) is 24.6 Å². The predicted molar refractivity (Wildman–Crippen MR) is 166 cm³/mol. The number of aliphatic hydroxyl groups excluding tert-OH is 1. The maximum absolute atomic E-state index is 13.7. The lowest BCUT2D eigenvalue weighted by molar-refractivity contribution is -0.298. The molecule has 0 bridgehead atoms. The van der Waals surface area contributed by atoms with Gasteiger partial charge in [0.05, 0.1) is 6.61 Å². The molecule has 0 aromatic rings. The normalized spacial score (nSPS) is 38.1. The molecule has 8 atom stereocenters. The monoisotopic (exact) mass is 695 g/mol. The van der Waals surface area contributed by atoms with E-state index in [1.54, 1.807) is 0 Å². The summed E-state index contributed by atoms with van der Waals surface area (Å²) in [5, 5.41) is 16.7. The summed E-state index contributed by atoms with van der Waals surface area (Å²) >= 11 is 3.63. The molecule has 250 valence electrons. The summed E-state index contributed by atoms with van der Waals surface area (Å²) in [7, 11) is 1.38. The summed E-state index contributed by atoms with van der Waals surface area (Å²) < 4.78 is 29.5. The number of ether oxygens (including phenoxy) is 5. The molecule has 0 aromatic carbocycles. The Balaban J connectivity index is 1.22. The van der Waals surface area contributed by atoms with Crippen LogP contribution >= 0.6 is 15.9 Å². The van der Waals surface area contributed by atoms with Crippen LogP contribution in [0.3, 0.4) is 0 Å². The smallest absolute Gasteiger partial charge is 0.407 e. The number of halogens is 1. The zero-order chi connectivity index (χ0) is 31.5. The Labute approximate surface area is 272 Å². The molecule has 3 heterocycles. The lowest BCUT2D eigenvalue weighted by atomic mass is 9.85. The Morgan fingerprint density at radius 3 is 2.49 bits per heavy atom. The summed E-state index contributed by atoms with van der Waals surface area (Å²) in [6.07, 6.45) is 5.78. The Bertz CT molecular complexity index is 1160. The van der Waals surface area contributed by atoms with E-state index in [1.165, 1.54) is 7.11 Å². The molecule has 3 aliphatic heterocycles. The molecule has 0 spiro atoms. The van der Waals surface area contributed by atoms with Crippen molar-refractivity contribution in [1.82, 2.24) is 10.6 Å². The lowest BCUT2D eigenvalue weighted by Gasteiger charge is -2.44. The molecule has 12 nitrogen and oxygen atoms in total. The first-order valence-corrected chi connectivity index (χ1v) is 17.6. The molecule has 1 amide bonds. The number of aliphatic imine (C=N–C) groups is 1. The second-order valence-corrected chi connectivity index (χ2v) is 14.6. The second-order valence-electron chi connectivity index (χ2n) is 13.3. The highest BCUT2D eigenvalue weighted by molar-refractivity contribution is 9.09. The van der Waals surface area contributed by atoms with Crippen molar-refractivity contribution >= 4 is 39.7 Å². The fourth-order valence-electron chi connectivity index (χ4n) is 7.85. The van der Waals surface area contributed by atoms with Crippen LogP contribution < -0.4 is 10.6 Å². The summed E-state index contributed by atoms with van der Waals surface area (Å²) in [5.41, 5.74) is 2.38.